The van der Waals surface area contributed by atoms with E-state index in [1.54, 1.807) is 0 Å². The Balaban J connectivity index is 1.92. The van der Waals surface area contributed by atoms with Crippen molar-refractivity contribution in [2.45, 2.75) is 19.9 Å². The summed E-state index contributed by atoms with van der Waals surface area (Å²) >= 11 is 6.24. The summed E-state index contributed by atoms with van der Waals surface area (Å²) in [6.07, 6.45) is 3.84. The van der Waals surface area contributed by atoms with Crippen molar-refractivity contribution in [1.29, 1.82) is 0 Å². The van der Waals surface area contributed by atoms with Gasteiger partial charge in [-0.1, -0.05) is 0 Å². The molecule has 4 heterocycles. The third-order valence-corrected chi connectivity index (χ3v) is 4.62. The number of aromatic nitrogens is 5. The molecule has 3 aromatic rings. The third kappa shape index (κ3) is 2.35. The summed E-state index contributed by atoms with van der Waals surface area (Å²) in [4.78, 5) is 11.2. The number of anilines is 1. The van der Waals surface area contributed by atoms with E-state index < -0.39 is 0 Å². The molecule has 0 saturated carbocycles. The van der Waals surface area contributed by atoms with Crippen LogP contribution in [0.15, 0.2) is 18.5 Å². The van der Waals surface area contributed by atoms with Gasteiger partial charge < -0.3 is 9.64 Å². The normalized spacial score (nSPS) is 18.5. The zero-order valence-electron chi connectivity index (χ0n) is 13.9. The number of halogens is 1. The van der Waals surface area contributed by atoms with Crippen LogP contribution in [0.2, 0.25) is 5.28 Å². The summed E-state index contributed by atoms with van der Waals surface area (Å²) in [5.41, 5.74) is 1.86. The lowest BCUT2D eigenvalue weighted by molar-refractivity contribution is 0.0987. The van der Waals surface area contributed by atoms with Crippen LogP contribution in [0.4, 0.5) is 5.82 Å². The molecule has 0 N–H and O–H groups in total. The Labute approximate surface area is 144 Å². The lowest BCUT2D eigenvalue weighted by atomic mass is 10.2. The largest absolute Gasteiger partial charge is 0.377 e. The minimum absolute atomic E-state index is 0.245. The molecular weight excluding hydrogens is 328 g/mol. The predicted octanol–water partition coefficient (Wildman–Crippen LogP) is 2.34. The summed E-state index contributed by atoms with van der Waals surface area (Å²) in [5, 5.41) is 5.54. The molecule has 8 heteroatoms. The van der Waals surface area contributed by atoms with Gasteiger partial charge in [0.15, 0.2) is 5.65 Å². The van der Waals surface area contributed by atoms with Crippen LogP contribution >= 0.6 is 11.6 Å². The zero-order valence-corrected chi connectivity index (χ0v) is 14.7. The van der Waals surface area contributed by atoms with Gasteiger partial charge in [-0.05, 0) is 31.5 Å². The third-order valence-electron chi connectivity index (χ3n) is 4.45. The van der Waals surface area contributed by atoms with Crippen molar-refractivity contribution in [2.75, 3.05) is 24.7 Å². The number of fused-ring (bicyclic) bond motifs is 1. The molecule has 0 spiro atoms. The van der Waals surface area contributed by atoms with Crippen molar-refractivity contribution >= 4 is 28.5 Å². The van der Waals surface area contributed by atoms with E-state index in [9.17, 15) is 0 Å². The summed E-state index contributed by atoms with van der Waals surface area (Å²) in [7, 11) is 1.92. The van der Waals surface area contributed by atoms with E-state index in [-0.39, 0.29) is 11.3 Å². The standard InChI is InChI=1S/C16H19ClN6O/c1-10-8-18-21(3)15(10)23-5-4-12-13(19-16(17)20-14(12)23)22-6-7-24-9-11(22)2/h4-5,8,11H,6-7,9H2,1-3H3. The Morgan fingerprint density at radius 1 is 1.33 bits per heavy atom. The number of aryl methyl sites for hydroxylation is 2. The number of morpholine rings is 1. The Bertz CT molecular complexity index is 882. The highest BCUT2D eigenvalue weighted by atomic mass is 35.5. The van der Waals surface area contributed by atoms with Crippen LogP contribution in [-0.2, 0) is 11.8 Å². The highest BCUT2D eigenvalue weighted by molar-refractivity contribution is 6.28. The van der Waals surface area contributed by atoms with Gasteiger partial charge in [0.25, 0.3) is 0 Å². The van der Waals surface area contributed by atoms with E-state index in [1.165, 1.54) is 0 Å². The van der Waals surface area contributed by atoms with Crippen molar-refractivity contribution in [3.63, 3.8) is 0 Å². The topological polar surface area (TPSA) is 61.0 Å². The molecule has 1 unspecified atom stereocenters. The summed E-state index contributed by atoms with van der Waals surface area (Å²) < 4.78 is 9.39. The first-order valence-corrected chi connectivity index (χ1v) is 8.32. The van der Waals surface area contributed by atoms with Crippen LogP contribution < -0.4 is 4.90 Å². The van der Waals surface area contributed by atoms with E-state index in [0.29, 0.717) is 13.2 Å². The maximum absolute atomic E-state index is 6.24. The number of ether oxygens (including phenoxy) is 1. The SMILES string of the molecule is Cc1cnn(C)c1-n1ccc2c(N3CCOCC3C)nc(Cl)nc21. The molecule has 126 valence electrons. The average molecular weight is 347 g/mol. The van der Waals surface area contributed by atoms with Gasteiger partial charge in [-0.2, -0.15) is 15.1 Å². The molecular formula is C16H19ClN6O. The van der Waals surface area contributed by atoms with E-state index in [2.05, 4.69) is 26.9 Å². The number of nitrogens with zero attached hydrogens (tertiary/aromatic N) is 6. The van der Waals surface area contributed by atoms with E-state index in [0.717, 1.165) is 34.8 Å². The van der Waals surface area contributed by atoms with Gasteiger partial charge in [0.2, 0.25) is 5.28 Å². The Morgan fingerprint density at radius 3 is 2.88 bits per heavy atom. The lowest BCUT2D eigenvalue weighted by Gasteiger charge is -2.34. The van der Waals surface area contributed by atoms with E-state index >= 15 is 0 Å². The lowest BCUT2D eigenvalue weighted by Crippen LogP contribution is -2.44. The van der Waals surface area contributed by atoms with Crippen LogP contribution in [0.3, 0.4) is 0 Å². The highest BCUT2D eigenvalue weighted by Gasteiger charge is 2.24. The summed E-state index contributed by atoms with van der Waals surface area (Å²) in [6, 6.07) is 2.28. The number of hydrogen-bond donors (Lipinski definition) is 0. The molecule has 0 bridgehead atoms. The molecule has 0 aromatic carbocycles. The molecule has 4 rings (SSSR count). The molecule has 0 radical (unpaired) electrons. The van der Waals surface area contributed by atoms with Gasteiger partial charge in [-0.25, -0.2) is 0 Å². The van der Waals surface area contributed by atoms with Gasteiger partial charge in [0, 0.05) is 25.4 Å². The molecule has 0 aliphatic carbocycles. The van der Waals surface area contributed by atoms with Crippen LogP contribution in [0.5, 0.6) is 0 Å². The van der Waals surface area contributed by atoms with Crippen molar-refractivity contribution < 1.29 is 4.74 Å². The first-order valence-electron chi connectivity index (χ1n) is 7.94. The second-order valence-corrected chi connectivity index (χ2v) is 6.47. The molecule has 3 aromatic heterocycles. The minimum atomic E-state index is 0.245. The number of hydrogen-bond acceptors (Lipinski definition) is 5. The first kappa shape index (κ1) is 15.4. The molecule has 1 fully saturated rings. The Hall–Kier alpha value is -2.12. The van der Waals surface area contributed by atoms with E-state index in [1.807, 2.05) is 41.7 Å². The maximum Gasteiger partial charge on any atom is 0.226 e. The quantitative estimate of drug-likeness (QED) is 0.666. The first-order chi connectivity index (χ1) is 11.6. The fraction of sp³-hybridized carbons (Fsp3) is 0.438. The molecule has 1 aliphatic rings. The maximum atomic E-state index is 6.24. The Morgan fingerprint density at radius 2 is 2.17 bits per heavy atom. The smallest absolute Gasteiger partial charge is 0.226 e. The monoisotopic (exact) mass is 346 g/mol. The molecule has 7 nitrogen and oxygen atoms in total. The van der Waals surface area contributed by atoms with Gasteiger partial charge in [-0.15, -0.1) is 0 Å². The highest BCUT2D eigenvalue weighted by Crippen LogP contribution is 2.30. The Kier molecular flexibility index (Phi) is 3.69. The van der Waals surface area contributed by atoms with Gasteiger partial charge >= 0.3 is 0 Å². The van der Waals surface area contributed by atoms with Gasteiger partial charge in [-0.3, -0.25) is 9.25 Å². The van der Waals surface area contributed by atoms with Crippen LogP contribution in [0.1, 0.15) is 12.5 Å². The molecule has 1 aliphatic heterocycles. The molecule has 24 heavy (non-hydrogen) atoms. The minimum Gasteiger partial charge on any atom is -0.377 e. The van der Waals surface area contributed by atoms with Crippen molar-refractivity contribution in [3.05, 3.63) is 29.3 Å². The van der Waals surface area contributed by atoms with Crippen LogP contribution in [0, 0.1) is 6.92 Å². The van der Waals surface area contributed by atoms with Crippen molar-refractivity contribution in [1.82, 2.24) is 24.3 Å². The van der Waals surface area contributed by atoms with Crippen LogP contribution in [0.25, 0.3) is 16.9 Å². The summed E-state index contributed by atoms with van der Waals surface area (Å²) in [5.74, 6) is 1.83. The predicted molar refractivity (Wildman–Crippen MR) is 93.0 cm³/mol. The molecule has 1 saturated heterocycles. The van der Waals surface area contributed by atoms with Crippen molar-refractivity contribution in [3.8, 4) is 5.82 Å². The zero-order chi connectivity index (χ0) is 16.8. The van der Waals surface area contributed by atoms with E-state index in [4.69, 9.17) is 16.3 Å². The van der Waals surface area contributed by atoms with Crippen LogP contribution in [-0.4, -0.2) is 50.1 Å². The summed E-state index contributed by atoms with van der Waals surface area (Å²) in [6.45, 7) is 6.32. The fourth-order valence-corrected chi connectivity index (χ4v) is 3.45. The fourth-order valence-electron chi connectivity index (χ4n) is 3.29. The van der Waals surface area contributed by atoms with Crippen molar-refractivity contribution in [2.24, 2.45) is 7.05 Å². The second-order valence-electron chi connectivity index (χ2n) is 6.13. The van der Waals surface area contributed by atoms with Gasteiger partial charge in [0.05, 0.1) is 30.8 Å². The second kappa shape index (κ2) is 5.75. The average Bonchev–Trinajstić information content (AvgIpc) is 3.10. The van der Waals surface area contributed by atoms with Gasteiger partial charge in [0.1, 0.15) is 11.6 Å². The molecule has 1 atom stereocenters. The number of rotatable bonds is 2. The molecule has 0 amide bonds.